The summed E-state index contributed by atoms with van der Waals surface area (Å²) in [5, 5.41) is 11.3. The zero-order chi connectivity index (χ0) is 15.6. The van der Waals surface area contributed by atoms with Crippen LogP contribution in [0.25, 0.3) is 6.08 Å². The SMILES string of the molecule is O=C(NCCc1nnc2n1CCC2)C1=Cc2ccccc2OC1. The predicted octanol–water partition coefficient (Wildman–Crippen LogP) is 1.36. The number of ether oxygens (including phenoxy) is 1. The van der Waals surface area contributed by atoms with Crippen molar-refractivity contribution in [1.82, 2.24) is 20.1 Å². The summed E-state index contributed by atoms with van der Waals surface area (Å²) in [6.45, 7) is 1.85. The molecule has 0 unspecified atom stereocenters. The fourth-order valence-electron chi connectivity index (χ4n) is 3.04. The van der Waals surface area contributed by atoms with Gasteiger partial charge in [-0.05, 0) is 18.6 Å². The van der Waals surface area contributed by atoms with Crippen LogP contribution in [0.2, 0.25) is 0 Å². The molecule has 2 aliphatic heterocycles. The van der Waals surface area contributed by atoms with Crippen LogP contribution in [0.5, 0.6) is 5.75 Å². The average Bonchev–Trinajstić information content (AvgIpc) is 3.19. The third-order valence-electron chi connectivity index (χ3n) is 4.24. The summed E-state index contributed by atoms with van der Waals surface area (Å²) in [4.78, 5) is 12.3. The van der Waals surface area contributed by atoms with Crippen LogP contribution in [0, 0.1) is 0 Å². The number of aromatic nitrogens is 3. The molecular formula is C17H18N4O2. The van der Waals surface area contributed by atoms with Crippen LogP contribution < -0.4 is 10.1 Å². The molecular weight excluding hydrogens is 292 g/mol. The first-order valence-corrected chi connectivity index (χ1v) is 7.93. The summed E-state index contributed by atoms with van der Waals surface area (Å²) in [6, 6.07) is 7.72. The van der Waals surface area contributed by atoms with Gasteiger partial charge in [0.05, 0.1) is 5.57 Å². The third-order valence-corrected chi connectivity index (χ3v) is 4.24. The maximum absolute atomic E-state index is 12.3. The Hall–Kier alpha value is -2.63. The summed E-state index contributed by atoms with van der Waals surface area (Å²) < 4.78 is 7.77. The van der Waals surface area contributed by atoms with Gasteiger partial charge < -0.3 is 14.6 Å². The molecule has 1 aromatic heterocycles. The van der Waals surface area contributed by atoms with Gasteiger partial charge in [0.2, 0.25) is 0 Å². The van der Waals surface area contributed by atoms with E-state index in [1.807, 2.05) is 30.3 Å². The lowest BCUT2D eigenvalue weighted by atomic mass is 10.1. The Labute approximate surface area is 134 Å². The Balaban J connectivity index is 1.36. The van der Waals surface area contributed by atoms with Gasteiger partial charge in [-0.1, -0.05) is 18.2 Å². The highest BCUT2D eigenvalue weighted by atomic mass is 16.5. The molecule has 2 aromatic rings. The first-order chi connectivity index (χ1) is 11.3. The second-order valence-electron chi connectivity index (χ2n) is 5.79. The number of amides is 1. The number of fused-ring (bicyclic) bond motifs is 2. The van der Waals surface area contributed by atoms with E-state index in [1.165, 1.54) is 0 Å². The van der Waals surface area contributed by atoms with Gasteiger partial charge in [-0.15, -0.1) is 10.2 Å². The minimum absolute atomic E-state index is 0.0827. The molecule has 6 nitrogen and oxygen atoms in total. The van der Waals surface area contributed by atoms with Gasteiger partial charge in [0, 0.05) is 31.5 Å². The second-order valence-corrected chi connectivity index (χ2v) is 5.79. The number of aryl methyl sites for hydroxylation is 1. The number of rotatable bonds is 4. The van der Waals surface area contributed by atoms with Crippen molar-refractivity contribution >= 4 is 12.0 Å². The van der Waals surface area contributed by atoms with Crippen LogP contribution in [0.3, 0.4) is 0 Å². The molecule has 0 bridgehead atoms. The fraction of sp³-hybridized carbons (Fsp3) is 0.353. The maximum atomic E-state index is 12.3. The van der Waals surface area contributed by atoms with E-state index in [1.54, 1.807) is 0 Å². The van der Waals surface area contributed by atoms with Crippen LogP contribution in [-0.2, 0) is 24.2 Å². The number of benzene rings is 1. The van der Waals surface area contributed by atoms with Crippen molar-refractivity contribution in [1.29, 1.82) is 0 Å². The highest BCUT2D eigenvalue weighted by Crippen LogP contribution is 2.25. The number of hydrogen-bond donors (Lipinski definition) is 1. The number of carbonyl (C=O) groups excluding carboxylic acids is 1. The van der Waals surface area contributed by atoms with Gasteiger partial charge in [-0.3, -0.25) is 4.79 Å². The molecule has 0 saturated heterocycles. The summed E-state index contributed by atoms with van der Waals surface area (Å²) in [7, 11) is 0. The van der Waals surface area contributed by atoms with Crippen LogP contribution in [-0.4, -0.2) is 33.8 Å². The van der Waals surface area contributed by atoms with E-state index >= 15 is 0 Å². The lowest BCUT2D eigenvalue weighted by molar-refractivity contribution is -0.117. The Bertz CT molecular complexity index is 779. The Morgan fingerprint density at radius 3 is 3.17 bits per heavy atom. The van der Waals surface area contributed by atoms with E-state index in [4.69, 9.17) is 4.74 Å². The summed E-state index contributed by atoms with van der Waals surface area (Å²) >= 11 is 0. The van der Waals surface area contributed by atoms with Gasteiger partial charge >= 0.3 is 0 Å². The van der Waals surface area contributed by atoms with E-state index in [-0.39, 0.29) is 5.91 Å². The van der Waals surface area contributed by atoms with Crippen LogP contribution in [0.4, 0.5) is 0 Å². The highest BCUT2D eigenvalue weighted by molar-refractivity contribution is 5.99. The Morgan fingerprint density at radius 2 is 2.22 bits per heavy atom. The molecule has 118 valence electrons. The molecule has 0 radical (unpaired) electrons. The zero-order valence-electron chi connectivity index (χ0n) is 12.8. The molecule has 1 N–H and O–H groups in total. The van der Waals surface area contributed by atoms with Gasteiger partial charge in [-0.2, -0.15) is 0 Å². The maximum Gasteiger partial charge on any atom is 0.250 e. The van der Waals surface area contributed by atoms with E-state index in [9.17, 15) is 4.79 Å². The molecule has 0 aliphatic carbocycles. The topological polar surface area (TPSA) is 69.0 Å². The number of nitrogens with one attached hydrogen (secondary N) is 1. The molecule has 6 heteroatoms. The standard InChI is InChI=1S/C17H18N4O2/c22-17(13-10-12-4-1-2-5-14(12)23-11-13)18-8-7-16-20-19-15-6-3-9-21(15)16/h1-2,4-5,10H,3,6-9,11H2,(H,18,22). The van der Waals surface area contributed by atoms with E-state index in [0.717, 1.165) is 42.3 Å². The van der Waals surface area contributed by atoms with E-state index < -0.39 is 0 Å². The minimum Gasteiger partial charge on any atom is -0.488 e. The molecule has 1 amide bonds. The summed E-state index contributed by atoms with van der Waals surface area (Å²) in [6.07, 6.45) is 4.73. The molecule has 1 aromatic carbocycles. The first-order valence-electron chi connectivity index (χ1n) is 7.93. The lowest BCUT2D eigenvalue weighted by Gasteiger charge is -2.17. The smallest absolute Gasteiger partial charge is 0.250 e. The van der Waals surface area contributed by atoms with Crippen molar-refractivity contribution in [3.63, 3.8) is 0 Å². The summed E-state index contributed by atoms with van der Waals surface area (Å²) in [5.74, 6) is 2.76. The lowest BCUT2D eigenvalue weighted by Crippen LogP contribution is -2.30. The van der Waals surface area contributed by atoms with Crippen molar-refractivity contribution in [2.75, 3.05) is 13.2 Å². The number of carbonyl (C=O) groups is 1. The monoisotopic (exact) mass is 310 g/mol. The average molecular weight is 310 g/mol. The highest BCUT2D eigenvalue weighted by Gasteiger charge is 2.19. The largest absolute Gasteiger partial charge is 0.488 e. The molecule has 23 heavy (non-hydrogen) atoms. The van der Waals surface area contributed by atoms with Crippen molar-refractivity contribution in [2.24, 2.45) is 0 Å². The van der Waals surface area contributed by atoms with E-state index in [0.29, 0.717) is 25.1 Å². The molecule has 2 aliphatic rings. The van der Waals surface area contributed by atoms with Crippen molar-refractivity contribution in [3.05, 3.63) is 47.1 Å². The zero-order valence-corrected chi connectivity index (χ0v) is 12.8. The minimum atomic E-state index is -0.0827. The van der Waals surface area contributed by atoms with Gasteiger partial charge in [-0.25, -0.2) is 0 Å². The number of nitrogens with zero attached hydrogens (tertiary/aromatic N) is 3. The Morgan fingerprint density at radius 1 is 1.30 bits per heavy atom. The molecule has 0 fully saturated rings. The van der Waals surface area contributed by atoms with Crippen molar-refractivity contribution < 1.29 is 9.53 Å². The van der Waals surface area contributed by atoms with Crippen LogP contribution >= 0.6 is 0 Å². The van der Waals surface area contributed by atoms with Gasteiger partial charge in [0.25, 0.3) is 5.91 Å². The number of para-hydroxylation sites is 1. The molecule has 0 atom stereocenters. The molecule has 0 saturated carbocycles. The molecule has 0 spiro atoms. The predicted molar refractivity (Wildman–Crippen MR) is 85.0 cm³/mol. The molecule has 3 heterocycles. The van der Waals surface area contributed by atoms with Crippen molar-refractivity contribution in [2.45, 2.75) is 25.8 Å². The van der Waals surface area contributed by atoms with Crippen LogP contribution in [0.15, 0.2) is 29.8 Å². The fourth-order valence-corrected chi connectivity index (χ4v) is 3.04. The third kappa shape index (κ3) is 2.72. The quantitative estimate of drug-likeness (QED) is 0.926. The number of hydrogen-bond acceptors (Lipinski definition) is 4. The van der Waals surface area contributed by atoms with Gasteiger partial charge in [0.15, 0.2) is 0 Å². The normalized spacial score (nSPS) is 15.4. The van der Waals surface area contributed by atoms with E-state index in [2.05, 4.69) is 20.1 Å². The Kier molecular flexibility index (Phi) is 3.57. The first kappa shape index (κ1) is 14.0. The summed E-state index contributed by atoms with van der Waals surface area (Å²) in [5.41, 5.74) is 1.59. The molecule has 4 rings (SSSR count). The second kappa shape index (κ2) is 5.87. The van der Waals surface area contributed by atoms with Gasteiger partial charge in [0.1, 0.15) is 24.0 Å². The van der Waals surface area contributed by atoms with Crippen molar-refractivity contribution in [3.8, 4) is 5.75 Å². The van der Waals surface area contributed by atoms with Crippen LogP contribution in [0.1, 0.15) is 23.6 Å².